The molecule has 90 valence electrons. The fourth-order valence-electron chi connectivity index (χ4n) is 2.69. The summed E-state index contributed by atoms with van der Waals surface area (Å²) in [7, 11) is 0. The summed E-state index contributed by atoms with van der Waals surface area (Å²) in [4.78, 5) is 5.49. The lowest BCUT2D eigenvalue weighted by molar-refractivity contribution is 0.269. The zero-order chi connectivity index (χ0) is 11.4. The van der Waals surface area contributed by atoms with Gasteiger partial charge in [0, 0.05) is 23.2 Å². The van der Waals surface area contributed by atoms with Crippen molar-refractivity contribution < 1.29 is 0 Å². The van der Waals surface area contributed by atoms with Crippen LogP contribution in [0.1, 0.15) is 56.9 Å². The van der Waals surface area contributed by atoms with Crippen molar-refractivity contribution in [3.05, 3.63) is 16.6 Å². The minimum absolute atomic E-state index is 0.449. The molecule has 2 rings (SSSR count). The van der Waals surface area contributed by atoms with Crippen molar-refractivity contribution in [2.45, 2.75) is 58.0 Å². The third kappa shape index (κ3) is 3.05. The number of aromatic nitrogens is 1. The lowest BCUT2D eigenvalue weighted by Gasteiger charge is -2.30. The van der Waals surface area contributed by atoms with Gasteiger partial charge in [-0.1, -0.05) is 19.3 Å². The van der Waals surface area contributed by atoms with E-state index in [1.54, 1.807) is 11.3 Å². The van der Waals surface area contributed by atoms with Crippen LogP contribution < -0.4 is 5.32 Å². The lowest BCUT2D eigenvalue weighted by atomic mass is 9.84. The minimum atomic E-state index is 0.449. The van der Waals surface area contributed by atoms with E-state index in [0.717, 1.165) is 5.92 Å². The van der Waals surface area contributed by atoms with Crippen LogP contribution in [0.3, 0.4) is 0 Å². The summed E-state index contributed by atoms with van der Waals surface area (Å²) in [6.07, 6.45) is 9.08. The number of thiazole rings is 1. The fraction of sp³-hybridized carbons (Fsp3) is 0.769. The van der Waals surface area contributed by atoms with Crippen LogP contribution in [-0.2, 0) is 0 Å². The molecule has 2 atom stereocenters. The van der Waals surface area contributed by atoms with Crippen molar-refractivity contribution in [1.82, 2.24) is 10.3 Å². The summed E-state index contributed by atoms with van der Waals surface area (Å²) in [6, 6.07) is 1.09. The zero-order valence-electron chi connectivity index (χ0n) is 10.3. The highest BCUT2D eigenvalue weighted by molar-refractivity contribution is 7.09. The standard InChI is InChI=1S/C13H22N2S/c1-10(12-6-4-3-5-7-12)15-11(2)13-8-14-9-16-13/h8-12,15H,3-7H2,1-2H3. The molecule has 2 unspecified atom stereocenters. The molecule has 0 saturated heterocycles. The Balaban J connectivity index is 1.84. The van der Waals surface area contributed by atoms with Gasteiger partial charge in [0.2, 0.25) is 0 Å². The molecule has 1 fully saturated rings. The number of rotatable bonds is 4. The molecule has 1 aliphatic rings. The van der Waals surface area contributed by atoms with Gasteiger partial charge in [0.25, 0.3) is 0 Å². The Kier molecular flexibility index (Phi) is 4.36. The molecule has 1 saturated carbocycles. The van der Waals surface area contributed by atoms with Crippen LogP contribution in [-0.4, -0.2) is 11.0 Å². The van der Waals surface area contributed by atoms with E-state index in [1.165, 1.54) is 37.0 Å². The molecule has 2 nitrogen and oxygen atoms in total. The van der Waals surface area contributed by atoms with E-state index >= 15 is 0 Å². The molecule has 0 amide bonds. The highest BCUT2D eigenvalue weighted by Crippen LogP contribution is 2.28. The summed E-state index contributed by atoms with van der Waals surface area (Å²) in [5.41, 5.74) is 1.92. The summed E-state index contributed by atoms with van der Waals surface area (Å²) in [5, 5.41) is 3.72. The van der Waals surface area contributed by atoms with Gasteiger partial charge in [0.15, 0.2) is 0 Å². The van der Waals surface area contributed by atoms with Gasteiger partial charge in [-0.2, -0.15) is 0 Å². The Morgan fingerprint density at radius 3 is 2.69 bits per heavy atom. The third-order valence-corrected chi connectivity index (χ3v) is 4.71. The molecular weight excluding hydrogens is 216 g/mol. The van der Waals surface area contributed by atoms with Gasteiger partial charge in [0.1, 0.15) is 0 Å². The van der Waals surface area contributed by atoms with Gasteiger partial charge in [-0.25, -0.2) is 0 Å². The van der Waals surface area contributed by atoms with E-state index in [0.29, 0.717) is 12.1 Å². The van der Waals surface area contributed by atoms with Crippen molar-refractivity contribution in [3.8, 4) is 0 Å². The van der Waals surface area contributed by atoms with Gasteiger partial charge in [-0.15, -0.1) is 11.3 Å². The first-order valence-electron chi connectivity index (χ1n) is 6.42. The zero-order valence-corrected chi connectivity index (χ0v) is 11.1. The molecule has 0 aliphatic heterocycles. The predicted octanol–water partition coefficient (Wildman–Crippen LogP) is 3.76. The largest absolute Gasteiger partial charge is 0.307 e. The van der Waals surface area contributed by atoms with Crippen LogP contribution in [0.15, 0.2) is 11.7 Å². The Morgan fingerprint density at radius 1 is 1.31 bits per heavy atom. The molecule has 1 aromatic rings. The third-order valence-electron chi connectivity index (χ3n) is 3.75. The number of hydrogen-bond acceptors (Lipinski definition) is 3. The maximum Gasteiger partial charge on any atom is 0.0794 e. The molecule has 1 aliphatic carbocycles. The first-order chi connectivity index (χ1) is 7.77. The van der Waals surface area contributed by atoms with Crippen molar-refractivity contribution in [2.75, 3.05) is 0 Å². The van der Waals surface area contributed by atoms with Crippen LogP contribution in [0.5, 0.6) is 0 Å². The van der Waals surface area contributed by atoms with E-state index in [4.69, 9.17) is 0 Å². The van der Waals surface area contributed by atoms with Crippen molar-refractivity contribution >= 4 is 11.3 Å². The molecule has 1 heterocycles. The molecule has 1 aromatic heterocycles. The van der Waals surface area contributed by atoms with Crippen LogP contribution in [0.2, 0.25) is 0 Å². The van der Waals surface area contributed by atoms with E-state index in [9.17, 15) is 0 Å². The van der Waals surface area contributed by atoms with Crippen molar-refractivity contribution in [2.24, 2.45) is 5.92 Å². The Morgan fingerprint density at radius 2 is 2.06 bits per heavy atom. The predicted molar refractivity (Wildman–Crippen MR) is 69.7 cm³/mol. The van der Waals surface area contributed by atoms with Gasteiger partial charge in [-0.05, 0) is 32.6 Å². The second-order valence-corrected chi connectivity index (χ2v) is 5.90. The Hall–Kier alpha value is -0.410. The minimum Gasteiger partial charge on any atom is -0.307 e. The summed E-state index contributed by atoms with van der Waals surface area (Å²) in [6.45, 7) is 4.58. The first-order valence-corrected chi connectivity index (χ1v) is 7.30. The highest BCUT2D eigenvalue weighted by Gasteiger charge is 2.21. The van der Waals surface area contributed by atoms with Gasteiger partial charge >= 0.3 is 0 Å². The maximum absolute atomic E-state index is 4.14. The normalized spacial score (nSPS) is 21.9. The summed E-state index contributed by atoms with van der Waals surface area (Å²) >= 11 is 1.75. The smallest absolute Gasteiger partial charge is 0.0794 e. The second kappa shape index (κ2) is 5.78. The maximum atomic E-state index is 4.14. The number of hydrogen-bond donors (Lipinski definition) is 1. The molecular formula is C13H22N2S. The van der Waals surface area contributed by atoms with E-state index < -0.39 is 0 Å². The molecule has 1 N–H and O–H groups in total. The van der Waals surface area contributed by atoms with Crippen molar-refractivity contribution in [3.63, 3.8) is 0 Å². The van der Waals surface area contributed by atoms with Crippen LogP contribution in [0.25, 0.3) is 0 Å². The topological polar surface area (TPSA) is 24.9 Å². The monoisotopic (exact) mass is 238 g/mol. The Bertz CT molecular complexity index is 291. The number of nitrogens with zero attached hydrogens (tertiary/aromatic N) is 1. The number of nitrogens with one attached hydrogen (secondary N) is 1. The highest BCUT2D eigenvalue weighted by atomic mass is 32.1. The average molecular weight is 238 g/mol. The lowest BCUT2D eigenvalue weighted by Crippen LogP contribution is -2.36. The Labute approximate surface area is 102 Å². The quantitative estimate of drug-likeness (QED) is 0.864. The summed E-state index contributed by atoms with van der Waals surface area (Å²) in [5.74, 6) is 0.879. The van der Waals surface area contributed by atoms with E-state index in [2.05, 4.69) is 24.1 Å². The van der Waals surface area contributed by atoms with E-state index in [-0.39, 0.29) is 0 Å². The molecule has 0 aromatic carbocycles. The average Bonchev–Trinajstić information content (AvgIpc) is 2.83. The molecule has 0 radical (unpaired) electrons. The van der Waals surface area contributed by atoms with Gasteiger partial charge < -0.3 is 5.32 Å². The van der Waals surface area contributed by atoms with Gasteiger partial charge in [0.05, 0.1) is 5.51 Å². The van der Waals surface area contributed by atoms with Crippen LogP contribution in [0, 0.1) is 5.92 Å². The summed E-state index contributed by atoms with van der Waals surface area (Å²) < 4.78 is 0. The van der Waals surface area contributed by atoms with Gasteiger partial charge in [-0.3, -0.25) is 4.98 Å². The van der Waals surface area contributed by atoms with Crippen molar-refractivity contribution in [1.29, 1.82) is 0 Å². The molecule has 0 spiro atoms. The van der Waals surface area contributed by atoms with Crippen LogP contribution in [0.4, 0.5) is 0 Å². The molecule has 16 heavy (non-hydrogen) atoms. The molecule has 3 heteroatoms. The van der Waals surface area contributed by atoms with Crippen LogP contribution >= 0.6 is 11.3 Å². The SMILES string of the molecule is CC(NC(C)C1CCCCC1)c1cncs1. The molecule has 0 bridgehead atoms. The first kappa shape index (κ1) is 12.1. The van der Waals surface area contributed by atoms with E-state index in [1.807, 2.05) is 11.7 Å². The second-order valence-electron chi connectivity index (χ2n) is 4.98. The fourth-order valence-corrected chi connectivity index (χ4v) is 3.32.